The van der Waals surface area contributed by atoms with E-state index in [9.17, 15) is 40.5 Å². The van der Waals surface area contributed by atoms with Crippen molar-refractivity contribution < 1.29 is 59.5 Å². The molecule has 2 fully saturated rings. The molecular weight excluding hydrogens is 384 g/mol. The van der Waals surface area contributed by atoms with Gasteiger partial charge in [0.15, 0.2) is 6.29 Å². The Kier molecular flexibility index (Phi) is 7.72. The molecule has 0 aromatic rings. The Balaban J connectivity index is 2.25. The topological polar surface area (TPSA) is 196 Å². The molecule has 2 heterocycles. The van der Waals surface area contributed by atoms with Gasteiger partial charge in [0.1, 0.15) is 49.3 Å². The predicted molar refractivity (Wildman–Crippen MR) is 87.4 cm³/mol. The highest BCUT2D eigenvalue weighted by Gasteiger charge is 2.59. The second kappa shape index (κ2) is 9.26. The van der Waals surface area contributed by atoms with E-state index in [4.69, 9.17) is 18.9 Å². The van der Waals surface area contributed by atoms with Gasteiger partial charge in [-0.2, -0.15) is 0 Å². The molecule has 0 saturated carbocycles. The third-order valence-electron chi connectivity index (χ3n) is 4.74. The Bertz CT molecular complexity index is 528. The van der Waals surface area contributed by atoms with E-state index in [-0.39, 0.29) is 0 Å². The molecule has 2 aliphatic heterocycles. The minimum Gasteiger partial charge on any atom is -0.460 e. The van der Waals surface area contributed by atoms with E-state index in [1.165, 1.54) is 0 Å². The SMILES string of the molecule is CC(C)C(=O)OC[C@@]1(O[C@H]2O[C@H](CO)[C@@H](O)[C@H](O)[C@H]2O)O[C@H](CO)[C@@H](O)[C@@H]1O. The van der Waals surface area contributed by atoms with Gasteiger partial charge in [0.25, 0.3) is 0 Å². The molecule has 2 aliphatic rings. The summed E-state index contributed by atoms with van der Waals surface area (Å²) in [5.74, 6) is -3.44. The fourth-order valence-corrected chi connectivity index (χ4v) is 2.96. The second-order valence-electron chi connectivity index (χ2n) is 7.16. The van der Waals surface area contributed by atoms with Crippen LogP contribution in [-0.2, 0) is 23.7 Å². The summed E-state index contributed by atoms with van der Waals surface area (Å²) in [7, 11) is 0. The average molecular weight is 412 g/mol. The van der Waals surface area contributed by atoms with Crippen LogP contribution in [0.1, 0.15) is 13.8 Å². The summed E-state index contributed by atoms with van der Waals surface area (Å²) in [6.45, 7) is 0.977. The number of rotatable bonds is 7. The molecule has 0 radical (unpaired) electrons. The maximum absolute atomic E-state index is 11.8. The van der Waals surface area contributed by atoms with Crippen LogP contribution < -0.4 is 0 Å². The molecule has 12 heteroatoms. The Morgan fingerprint density at radius 3 is 2.07 bits per heavy atom. The first-order chi connectivity index (χ1) is 13.1. The number of aliphatic hydroxyl groups is 7. The zero-order valence-electron chi connectivity index (χ0n) is 15.5. The number of carbonyl (C=O) groups is 1. The molecule has 28 heavy (non-hydrogen) atoms. The van der Waals surface area contributed by atoms with Gasteiger partial charge in [0.05, 0.1) is 19.1 Å². The first kappa shape index (κ1) is 23.3. The van der Waals surface area contributed by atoms with Gasteiger partial charge in [-0.3, -0.25) is 4.79 Å². The van der Waals surface area contributed by atoms with E-state index < -0.39 is 86.5 Å². The Morgan fingerprint density at radius 1 is 0.964 bits per heavy atom. The Labute approximate surface area is 160 Å². The Morgan fingerprint density at radius 2 is 1.57 bits per heavy atom. The van der Waals surface area contributed by atoms with Crippen LogP contribution in [0.4, 0.5) is 0 Å². The molecule has 12 nitrogen and oxygen atoms in total. The van der Waals surface area contributed by atoms with E-state index in [2.05, 4.69) is 0 Å². The van der Waals surface area contributed by atoms with Crippen molar-refractivity contribution in [2.75, 3.05) is 19.8 Å². The van der Waals surface area contributed by atoms with Crippen molar-refractivity contribution in [3.63, 3.8) is 0 Å². The lowest BCUT2D eigenvalue weighted by Gasteiger charge is -2.43. The molecule has 7 N–H and O–H groups in total. The molecule has 0 bridgehead atoms. The van der Waals surface area contributed by atoms with Crippen molar-refractivity contribution in [2.24, 2.45) is 5.92 Å². The standard InChI is InChI=1S/C16H28O12/c1-6(2)14(24)25-5-16(13(23)10(20)8(4-18)27-16)28-15-12(22)11(21)9(19)7(3-17)26-15/h6-13,15,17-23H,3-5H2,1-2H3/t7-,8-,9-,10-,11+,12-,13+,15-,16+/m1/s1. The molecule has 0 aromatic carbocycles. The molecule has 0 spiro atoms. The van der Waals surface area contributed by atoms with Crippen molar-refractivity contribution in [3.8, 4) is 0 Å². The zero-order valence-corrected chi connectivity index (χ0v) is 15.5. The van der Waals surface area contributed by atoms with Gasteiger partial charge in [0, 0.05) is 0 Å². The first-order valence-corrected chi connectivity index (χ1v) is 8.87. The fraction of sp³-hybridized carbons (Fsp3) is 0.938. The van der Waals surface area contributed by atoms with E-state index in [0.29, 0.717) is 0 Å². The molecule has 2 saturated heterocycles. The molecule has 0 aromatic heterocycles. The monoisotopic (exact) mass is 412 g/mol. The highest BCUT2D eigenvalue weighted by atomic mass is 16.8. The van der Waals surface area contributed by atoms with Crippen molar-refractivity contribution in [1.82, 2.24) is 0 Å². The molecule has 0 aliphatic carbocycles. The lowest BCUT2D eigenvalue weighted by molar-refractivity contribution is -0.383. The first-order valence-electron chi connectivity index (χ1n) is 8.87. The maximum atomic E-state index is 11.8. The van der Waals surface area contributed by atoms with Crippen LogP contribution in [0.2, 0.25) is 0 Å². The number of esters is 1. The fourth-order valence-electron chi connectivity index (χ4n) is 2.96. The third kappa shape index (κ3) is 4.46. The number of carbonyl (C=O) groups excluding carboxylic acids is 1. The van der Waals surface area contributed by atoms with Crippen LogP contribution in [-0.4, -0.2) is 116 Å². The molecule has 9 atom stereocenters. The van der Waals surface area contributed by atoms with Gasteiger partial charge in [-0.05, 0) is 0 Å². The average Bonchev–Trinajstić information content (AvgIpc) is 2.91. The molecule has 0 amide bonds. The normalized spacial score (nSPS) is 44.1. The van der Waals surface area contributed by atoms with Gasteiger partial charge in [-0.1, -0.05) is 13.8 Å². The summed E-state index contributed by atoms with van der Waals surface area (Å²) in [5, 5.41) is 68.9. The summed E-state index contributed by atoms with van der Waals surface area (Å²) in [4.78, 5) is 11.8. The summed E-state index contributed by atoms with van der Waals surface area (Å²) in [6.07, 6.45) is -13.0. The summed E-state index contributed by atoms with van der Waals surface area (Å²) >= 11 is 0. The predicted octanol–water partition coefficient (Wildman–Crippen LogP) is -4.19. The van der Waals surface area contributed by atoms with Crippen molar-refractivity contribution in [3.05, 3.63) is 0 Å². The van der Waals surface area contributed by atoms with Crippen molar-refractivity contribution in [1.29, 1.82) is 0 Å². The maximum Gasteiger partial charge on any atom is 0.308 e. The quantitative estimate of drug-likeness (QED) is 0.200. The van der Waals surface area contributed by atoms with Crippen LogP contribution in [0.25, 0.3) is 0 Å². The number of ether oxygens (including phenoxy) is 4. The minimum absolute atomic E-state index is 0.526. The van der Waals surface area contributed by atoms with Gasteiger partial charge in [-0.15, -0.1) is 0 Å². The largest absolute Gasteiger partial charge is 0.460 e. The van der Waals surface area contributed by atoms with E-state index >= 15 is 0 Å². The summed E-state index contributed by atoms with van der Waals surface area (Å²) in [6, 6.07) is 0. The van der Waals surface area contributed by atoms with E-state index in [1.807, 2.05) is 0 Å². The summed E-state index contributed by atoms with van der Waals surface area (Å²) in [5.41, 5.74) is 0. The molecule has 0 unspecified atom stereocenters. The third-order valence-corrected chi connectivity index (χ3v) is 4.74. The van der Waals surface area contributed by atoms with Crippen LogP contribution in [0.3, 0.4) is 0 Å². The lowest BCUT2D eigenvalue weighted by atomic mass is 9.99. The van der Waals surface area contributed by atoms with E-state index in [1.54, 1.807) is 13.8 Å². The second-order valence-corrected chi connectivity index (χ2v) is 7.16. The number of aliphatic hydroxyl groups excluding tert-OH is 7. The Hall–Kier alpha value is -0.930. The zero-order chi connectivity index (χ0) is 21.2. The van der Waals surface area contributed by atoms with Gasteiger partial charge >= 0.3 is 5.97 Å². The number of hydrogen-bond acceptors (Lipinski definition) is 12. The van der Waals surface area contributed by atoms with Crippen LogP contribution in [0, 0.1) is 5.92 Å². The van der Waals surface area contributed by atoms with Gasteiger partial charge < -0.3 is 54.7 Å². The highest BCUT2D eigenvalue weighted by molar-refractivity contribution is 5.71. The van der Waals surface area contributed by atoms with E-state index in [0.717, 1.165) is 0 Å². The van der Waals surface area contributed by atoms with Gasteiger partial charge in [0.2, 0.25) is 5.79 Å². The lowest BCUT2D eigenvalue weighted by Crippen LogP contribution is -2.63. The minimum atomic E-state index is -2.25. The highest BCUT2D eigenvalue weighted by Crippen LogP contribution is 2.36. The number of hydrogen-bond donors (Lipinski definition) is 7. The van der Waals surface area contributed by atoms with Crippen LogP contribution in [0.15, 0.2) is 0 Å². The molecular formula is C16H28O12. The van der Waals surface area contributed by atoms with Crippen molar-refractivity contribution in [2.45, 2.75) is 68.7 Å². The molecule has 2 rings (SSSR count). The smallest absolute Gasteiger partial charge is 0.308 e. The van der Waals surface area contributed by atoms with Gasteiger partial charge in [-0.25, -0.2) is 0 Å². The molecule has 164 valence electrons. The summed E-state index contributed by atoms with van der Waals surface area (Å²) < 4.78 is 21.1. The van der Waals surface area contributed by atoms with Crippen LogP contribution in [0.5, 0.6) is 0 Å². The van der Waals surface area contributed by atoms with Crippen molar-refractivity contribution >= 4 is 5.97 Å². The van der Waals surface area contributed by atoms with Crippen LogP contribution >= 0.6 is 0 Å².